The third-order valence-electron chi connectivity index (χ3n) is 3.13. The molecule has 15 heavy (non-hydrogen) atoms. The van der Waals surface area contributed by atoms with Crippen LogP contribution in [0.4, 0.5) is 0 Å². The molecule has 3 nitrogen and oxygen atoms in total. The fourth-order valence-corrected chi connectivity index (χ4v) is 2.08. The number of piperidine rings is 1. The Kier molecular flexibility index (Phi) is 4.30. The Morgan fingerprint density at radius 1 is 1.60 bits per heavy atom. The van der Waals surface area contributed by atoms with Gasteiger partial charge in [0.05, 0.1) is 0 Å². The van der Waals surface area contributed by atoms with Crippen LogP contribution in [-0.4, -0.2) is 29.7 Å². The molecule has 1 amide bonds. The molecule has 0 saturated carbocycles. The minimum Gasteiger partial charge on any atom is -0.341 e. The molecule has 0 radical (unpaired) electrons. The lowest BCUT2D eigenvalue weighted by molar-refractivity contribution is -0.140. The number of Topliss-reactive ketones (excluding diaryl/α,β-unsaturated/α-hetero) is 1. The minimum absolute atomic E-state index is 0.0246. The first-order chi connectivity index (χ1) is 7.06. The van der Waals surface area contributed by atoms with Crippen molar-refractivity contribution in [1.82, 2.24) is 4.90 Å². The SMILES string of the molecule is CCCC(C)C(=O)N1CCC(=O)C(C)C1. The highest BCUT2D eigenvalue weighted by atomic mass is 16.2. The molecular formula is C12H21NO2. The highest BCUT2D eigenvalue weighted by Crippen LogP contribution is 2.16. The third-order valence-corrected chi connectivity index (χ3v) is 3.13. The number of hydrogen-bond donors (Lipinski definition) is 0. The van der Waals surface area contributed by atoms with Crippen molar-refractivity contribution in [2.24, 2.45) is 11.8 Å². The van der Waals surface area contributed by atoms with Gasteiger partial charge in [-0.05, 0) is 6.42 Å². The van der Waals surface area contributed by atoms with Crippen LogP contribution in [0.5, 0.6) is 0 Å². The second-order valence-electron chi connectivity index (χ2n) is 4.59. The van der Waals surface area contributed by atoms with Crippen LogP contribution < -0.4 is 0 Å². The molecule has 86 valence electrons. The van der Waals surface area contributed by atoms with Crippen molar-refractivity contribution in [3.8, 4) is 0 Å². The summed E-state index contributed by atoms with van der Waals surface area (Å²) in [7, 11) is 0. The van der Waals surface area contributed by atoms with E-state index < -0.39 is 0 Å². The number of amides is 1. The van der Waals surface area contributed by atoms with Crippen LogP contribution >= 0.6 is 0 Å². The zero-order valence-electron chi connectivity index (χ0n) is 9.95. The molecule has 1 aliphatic heterocycles. The number of carbonyl (C=O) groups is 2. The maximum absolute atomic E-state index is 12.0. The summed E-state index contributed by atoms with van der Waals surface area (Å²) in [6, 6.07) is 0. The predicted molar refractivity (Wildman–Crippen MR) is 59.4 cm³/mol. The van der Waals surface area contributed by atoms with Crippen molar-refractivity contribution in [3.63, 3.8) is 0 Å². The summed E-state index contributed by atoms with van der Waals surface area (Å²) in [4.78, 5) is 25.1. The van der Waals surface area contributed by atoms with E-state index >= 15 is 0 Å². The Balaban J connectivity index is 2.50. The molecule has 1 rings (SSSR count). The molecule has 0 N–H and O–H groups in total. The van der Waals surface area contributed by atoms with Crippen LogP contribution in [0.2, 0.25) is 0 Å². The maximum Gasteiger partial charge on any atom is 0.225 e. The first-order valence-corrected chi connectivity index (χ1v) is 5.87. The topological polar surface area (TPSA) is 37.4 Å². The monoisotopic (exact) mass is 211 g/mol. The summed E-state index contributed by atoms with van der Waals surface area (Å²) in [5.74, 6) is 0.644. The summed E-state index contributed by atoms with van der Waals surface area (Å²) in [5.41, 5.74) is 0. The summed E-state index contributed by atoms with van der Waals surface area (Å²) in [5, 5.41) is 0. The number of rotatable bonds is 3. The largest absolute Gasteiger partial charge is 0.341 e. The molecule has 2 unspecified atom stereocenters. The Morgan fingerprint density at radius 2 is 2.27 bits per heavy atom. The molecule has 1 fully saturated rings. The van der Waals surface area contributed by atoms with E-state index in [1.807, 2.05) is 18.7 Å². The van der Waals surface area contributed by atoms with Gasteiger partial charge in [0.15, 0.2) is 0 Å². The molecule has 0 aromatic carbocycles. The molecule has 0 aliphatic carbocycles. The van der Waals surface area contributed by atoms with E-state index in [0.29, 0.717) is 25.3 Å². The van der Waals surface area contributed by atoms with Gasteiger partial charge < -0.3 is 4.90 Å². The van der Waals surface area contributed by atoms with Crippen LogP contribution in [0.15, 0.2) is 0 Å². The molecule has 0 bridgehead atoms. The molecule has 0 aromatic heterocycles. The Labute approximate surface area is 91.8 Å². The number of likely N-dealkylation sites (tertiary alicyclic amines) is 1. The number of carbonyl (C=O) groups excluding carboxylic acids is 2. The molecule has 1 saturated heterocycles. The fraction of sp³-hybridized carbons (Fsp3) is 0.833. The first kappa shape index (κ1) is 12.2. The smallest absolute Gasteiger partial charge is 0.225 e. The highest BCUT2D eigenvalue weighted by Gasteiger charge is 2.28. The average Bonchev–Trinajstić information content (AvgIpc) is 2.21. The van der Waals surface area contributed by atoms with Gasteiger partial charge in [-0.2, -0.15) is 0 Å². The zero-order chi connectivity index (χ0) is 11.4. The van der Waals surface area contributed by atoms with E-state index in [0.717, 1.165) is 12.8 Å². The van der Waals surface area contributed by atoms with E-state index in [-0.39, 0.29) is 17.7 Å². The minimum atomic E-state index is 0.0246. The van der Waals surface area contributed by atoms with E-state index in [1.54, 1.807) is 0 Å². The summed E-state index contributed by atoms with van der Waals surface area (Å²) < 4.78 is 0. The lowest BCUT2D eigenvalue weighted by atomic mass is 9.96. The van der Waals surface area contributed by atoms with E-state index in [1.165, 1.54) is 0 Å². The number of ketones is 1. The van der Waals surface area contributed by atoms with Crippen LogP contribution in [0.3, 0.4) is 0 Å². The average molecular weight is 211 g/mol. The molecule has 1 heterocycles. The molecule has 1 aliphatic rings. The Hall–Kier alpha value is -0.860. The Morgan fingerprint density at radius 3 is 2.80 bits per heavy atom. The second kappa shape index (κ2) is 5.29. The van der Waals surface area contributed by atoms with Crippen LogP contribution in [0, 0.1) is 11.8 Å². The van der Waals surface area contributed by atoms with Crippen molar-refractivity contribution in [3.05, 3.63) is 0 Å². The van der Waals surface area contributed by atoms with E-state index in [9.17, 15) is 9.59 Å². The van der Waals surface area contributed by atoms with Crippen LogP contribution in [0.25, 0.3) is 0 Å². The van der Waals surface area contributed by atoms with Gasteiger partial charge in [-0.3, -0.25) is 9.59 Å². The molecule has 0 aromatic rings. The Bertz CT molecular complexity index is 250. The summed E-state index contributed by atoms with van der Waals surface area (Å²) >= 11 is 0. The highest BCUT2D eigenvalue weighted by molar-refractivity contribution is 5.85. The molecule has 2 atom stereocenters. The first-order valence-electron chi connectivity index (χ1n) is 5.87. The second-order valence-corrected chi connectivity index (χ2v) is 4.59. The van der Waals surface area contributed by atoms with Crippen molar-refractivity contribution < 1.29 is 9.59 Å². The van der Waals surface area contributed by atoms with E-state index in [4.69, 9.17) is 0 Å². The normalized spacial score (nSPS) is 24.1. The fourth-order valence-electron chi connectivity index (χ4n) is 2.08. The van der Waals surface area contributed by atoms with Crippen molar-refractivity contribution in [2.75, 3.05) is 13.1 Å². The summed E-state index contributed by atoms with van der Waals surface area (Å²) in [6.07, 6.45) is 2.51. The standard InChI is InChI=1S/C12H21NO2/c1-4-5-9(2)12(15)13-7-6-11(14)10(3)8-13/h9-10H,4-8H2,1-3H3. The number of nitrogens with zero attached hydrogens (tertiary/aromatic N) is 1. The van der Waals surface area contributed by atoms with Crippen LogP contribution in [-0.2, 0) is 9.59 Å². The van der Waals surface area contributed by atoms with Gasteiger partial charge >= 0.3 is 0 Å². The van der Waals surface area contributed by atoms with E-state index in [2.05, 4.69) is 6.92 Å². The van der Waals surface area contributed by atoms with Gasteiger partial charge in [0, 0.05) is 31.3 Å². The van der Waals surface area contributed by atoms with Crippen molar-refractivity contribution >= 4 is 11.7 Å². The zero-order valence-corrected chi connectivity index (χ0v) is 9.95. The lowest BCUT2D eigenvalue weighted by Crippen LogP contribution is -2.45. The van der Waals surface area contributed by atoms with Gasteiger partial charge in [0.1, 0.15) is 5.78 Å². The quantitative estimate of drug-likeness (QED) is 0.714. The third kappa shape index (κ3) is 3.05. The predicted octanol–water partition coefficient (Wildman–Crippen LogP) is 1.86. The summed E-state index contributed by atoms with van der Waals surface area (Å²) in [6.45, 7) is 7.22. The maximum atomic E-state index is 12.0. The molecular weight excluding hydrogens is 190 g/mol. The van der Waals surface area contributed by atoms with Crippen LogP contribution in [0.1, 0.15) is 40.0 Å². The van der Waals surface area contributed by atoms with Gasteiger partial charge in [0.2, 0.25) is 5.91 Å². The van der Waals surface area contributed by atoms with Crippen molar-refractivity contribution in [1.29, 1.82) is 0 Å². The lowest BCUT2D eigenvalue weighted by Gasteiger charge is -2.32. The van der Waals surface area contributed by atoms with Gasteiger partial charge in [-0.25, -0.2) is 0 Å². The molecule has 0 spiro atoms. The number of hydrogen-bond acceptors (Lipinski definition) is 2. The molecule has 3 heteroatoms. The van der Waals surface area contributed by atoms with Crippen molar-refractivity contribution in [2.45, 2.75) is 40.0 Å². The van der Waals surface area contributed by atoms with Gasteiger partial charge in [0.25, 0.3) is 0 Å². The van der Waals surface area contributed by atoms with Gasteiger partial charge in [-0.1, -0.05) is 27.2 Å². The van der Waals surface area contributed by atoms with Gasteiger partial charge in [-0.15, -0.1) is 0 Å².